The molecule has 1 aromatic rings. The first-order chi connectivity index (χ1) is 9.47. The summed E-state index contributed by atoms with van der Waals surface area (Å²) in [5.41, 5.74) is 3.14. The molecule has 20 heavy (non-hydrogen) atoms. The second kappa shape index (κ2) is 6.96. The molecule has 0 aliphatic carbocycles. The van der Waals surface area contributed by atoms with Gasteiger partial charge in [0.2, 0.25) is 0 Å². The van der Waals surface area contributed by atoms with Crippen LogP contribution in [0.25, 0.3) is 6.08 Å². The van der Waals surface area contributed by atoms with Crippen molar-refractivity contribution in [1.29, 1.82) is 0 Å². The predicted octanol–water partition coefficient (Wildman–Crippen LogP) is 2.24. The number of hydrogen-bond donors (Lipinski definition) is 2. The van der Waals surface area contributed by atoms with Crippen molar-refractivity contribution in [2.24, 2.45) is 0 Å². The molecule has 1 fully saturated rings. The number of benzene rings is 1. The number of hydrogen-bond acceptors (Lipinski definition) is 3. The summed E-state index contributed by atoms with van der Waals surface area (Å²) in [4.78, 5) is 23.3. The maximum absolute atomic E-state index is 11.6. The largest absolute Gasteiger partial charge is 0.299 e. The number of carbonyl (C=O) groups excluding carboxylic acids is 2. The summed E-state index contributed by atoms with van der Waals surface area (Å²) >= 11 is 4.72. The van der Waals surface area contributed by atoms with E-state index in [1.54, 1.807) is 6.08 Å². The minimum absolute atomic E-state index is 0.0437. The second-order valence-corrected chi connectivity index (χ2v) is 4.55. The smallest absolute Gasteiger partial charge is 0.263 e. The predicted molar refractivity (Wildman–Crippen MR) is 84.1 cm³/mol. The highest BCUT2D eigenvalue weighted by molar-refractivity contribution is 7.80. The van der Waals surface area contributed by atoms with Crippen molar-refractivity contribution in [2.75, 3.05) is 0 Å². The highest BCUT2D eigenvalue weighted by Crippen LogP contribution is 2.14. The van der Waals surface area contributed by atoms with Crippen molar-refractivity contribution in [3.8, 4) is 0 Å². The Morgan fingerprint density at radius 2 is 1.55 bits per heavy atom. The van der Waals surface area contributed by atoms with Crippen LogP contribution in [-0.2, 0) is 9.59 Å². The molecule has 5 heteroatoms. The number of nitrogens with one attached hydrogen (secondary N) is 2. The molecule has 0 bridgehead atoms. The van der Waals surface area contributed by atoms with E-state index in [-0.39, 0.29) is 10.7 Å². The van der Waals surface area contributed by atoms with Crippen LogP contribution in [0.3, 0.4) is 0 Å². The van der Waals surface area contributed by atoms with E-state index in [9.17, 15) is 9.59 Å². The van der Waals surface area contributed by atoms with Gasteiger partial charge in [-0.3, -0.25) is 20.2 Å². The third kappa shape index (κ3) is 3.74. The van der Waals surface area contributed by atoms with E-state index in [0.717, 1.165) is 16.7 Å². The molecule has 0 aromatic heterocycles. The van der Waals surface area contributed by atoms with Crippen LogP contribution >= 0.6 is 12.2 Å². The van der Waals surface area contributed by atoms with Gasteiger partial charge in [0.1, 0.15) is 5.57 Å². The maximum Gasteiger partial charge on any atom is 0.263 e. The Labute approximate surface area is 124 Å². The standard InChI is InChI=1S/C13H12N2O2S.C2H6/c1-7-3-4-9(5-8(7)2)6-10-11(16)14-13(18)15-12(10)17;1-2/h3-6H,1-2H3,(H2,14,15,16,17,18);1-2H3. The van der Waals surface area contributed by atoms with Crippen LogP contribution in [0.15, 0.2) is 23.8 Å². The molecule has 4 nitrogen and oxygen atoms in total. The average Bonchev–Trinajstić information content (AvgIpc) is 2.40. The monoisotopic (exact) mass is 290 g/mol. The topological polar surface area (TPSA) is 58.2 Å². The summed E-state index contributed by atoms with van der Waals surface area (Å²) in [6.45, 7) is 7.98. The molecular weight excluding hydrogens is 272 g/mol. The van der Waals surface area contributed by atoms with Crippen LogP contribution in [0.1, 0.15) is 30.5 Å². The van der Waals surface area contributed by atoms with Gasteiger partial charge in [-0.15, -0.1) is 0 Å². The second-order valence-electron chi connectivity index (χ2n) is 4.14. The molecule has 106 valence electrons. The lowest BCUT2D eigenvalue weighted by Crippen LogP contribution is -2.51. The van der Waals surface area contributed by atoms with Crippen LogP contribution in [0, 0.1) is 13.8 Å². The van der Waals surface area contributed by atoms with Gasteiger partial charge in [0.25, 0.3) is 11.8 Å². The molecular formula is C15H18N2O2S. The van der Waals surface area contributed by atoms with Crippen LogP contribution in [0.2, 0.25) is 0 Å². The number of aryl methyl sites for hydroxylation is 2. The Hall–Kier alpha value is -2.01. The zero-order valence-electron chi connectivity index (χ0n) is 12.0. The van der Waals surface area contributed by atoms with Crippen molar-refractivity contribution < 1.29 is 9.59 Å². The van der Waals surface area contributed by atoms with Crippen molar-refractivity contribution in [1.82, 2.24) is 10.6 Å². The third-order valence-corrected chi connectivity index (χ3v) is 2.99. The molecule has 0 radical (unpaired) electrons. The highest BCUT2D eigenvalue weighted by Gasteiger charge is 2.25. The Morgan fingerprint density at radius 3 is 2.05 bits per heavy atom. The van der Waals surface area contributed by atoms with E-state index in [1.165, 1.54) is 0 Å². The van der Waals surface area contributed by atoms with Gasteiger partial charge in [0, 0.05) is 0 Å². The fourth-order valence-corrected chi connectivity index (χ4v) is 1.81. The molecule has 2 N–H and O–H groups in total. The zero-order valence-corrected chi connectivity index (χ0v) is 12.9. The fraction of sp³-hybridized carbons (Fsp3) is 0.267. The van der Waals surface area contributed by atoms with Crippen molar-refractivity contribution in [3.63, 3.8) is 0 Å². The summed E-state index contributed by atoms with van der Waals surface area (Å²) in [6, 6.07) is 5.74. The van der Waals surface area contributed by atoms with Gasteiger partial charge in [0.15, 0.2) is 5.11 Å². The number of rotatable bonds is 1. The van der Waals surface area contributed by atoms with Gasteiger partial charge in [0.05, 0.1) is 0 Å². The van der Waals surface area contributed by atoms with E-state index in [2.05, 4.69) is 10.6 Å². The van der Waals surface area contributed by atoms with Crippen LogP contribution in [0.5, 0.6) is 0 Å². The summed E-state index contributed by atoms with van der Waals surface area (Å²) in [5, 5.41) is 4.84. The normalized spacial score (nSPS) is 14.0. The van der Waals surface area contributed by atoms with Gasteiger partial charge in [-0.2, -0.15) is 0 Å². The summed E-state index contributed by atoms with van der Waals surface area (Å²) in [7, 11) is 0. The van der Waals surface area contributed by atoms with E-state index in [0.29, 0.717) is 0 Å². The first-order valence-electron chi connectivity index (χ1n) is 6.43. The Kier molecular flexibility index (Phi) is 5.58. The quantitative estimate of drug-likeness (QED) is 0.474. The number of amides is 2. The maximum atomic E-state index is 11.6. The molecule has 1 heterocycles. The lowest BCUT2D eigenvalue weighted by Gasteiger charge is -2.16. The molecule has 1 saturated heterocycles. The van der Waals surface area contributed by atoms with Gasteiger partial charge in [-0.1, -0.05) is 32.0 Å². The molecule has 1 aliphatic heterocycles. The number of carbonyl (C=O) groups is 2. The molecule has 0 spiro atoms. The summed E-state index contributed by atoms with van der Waals surface area (Å²) in [6.07, 6.45) is 1.55. The SMILES string of the molecule is CC.Cc1ccc(C=C2C(=O)NC(=S)NC2=O)cc1C. The zero-order chi connectivity index (χ0) is 15.3. The average molecular weight is 290 g/mol. The van der Waals surface area contributed by atoms with Crippen LogP contribution < -0.4 is 10.6 Å². The summed E-state index contributed by atoms with van der Waals surface area (Å²) < 4.78 is 0. The lowest BCUT2D eigenvalue weighted by atomic mass is 10.0. The highest BCUT2D eigenvalue weighted by atomic mass is 32.1. The van der Waals surface area contributed by atoms with Gasteiger partial charge >= 0.3 is 0 Å². The molecule has 1 aromatic carbocycles. The fourth-order valence-electron chi connectivity index (χ4n) is 1.63. The van der Waals surface area contributed by atoms with Crippen molar-refractivity contribution in [3.05, 3.63) is 40.5 Å². The minimum atomic E-state index is -0.470. The molecule has 0 atom stereocenters. The molecule has 1 aliphatic rings. The molecule has 2 rings (SSSR count). The van der Waals surface area contributed by atoms with Crippen LogP contribution in [0.4, 0.5) is 0 Å². The Balaban J connectivity index is 0.000000956. The third-order valence-electron chi connectivity index (χ3n) is 2.79. The van der Waals surface area contributed by atoms with Crippen molar-refractivity contribution in [2.45, 2.75) is 27.7 Å². The minimum Gasteiger partial charge on any atom is -0.299 e. The van der Waals surface area contributed by atoms with Gasteiger partial charge < -0.3 is 0 Å². The lowest BCUT2D eigenvalue weighted by molar-refractivity contribution is -0.123. The Bertz CT molecular complexity index is 570. The number of thiocarbonyl (C=S) groups is 1. The first kappa shape index (κ1) is 16.0. The summed E-state index contributed by atoms with van der Waals surface area (Å²) in [5.74, 6) is -0.941. The molecule has 0 saturated carbocycles. The van der Waals surface area contributed by atoms with E-state index in [4.69, 9.17) is 12.2 Å². The first-order valence-corrected chi connectivity index (χ1v) is 6.84. The van der Waals surface area contributed by atoms with E-state index < -0.39 is 11.8 Å². The van der Waals surface area contributed by atoms with Gasteiger partial charge in [-0.05, 0) is 48.8 Å². The molecule has 2 amide bonds. The molecule has 0 unspecified atom stereocenters. The van der Waals surface area contributed by atoms with Crippen LogP contribution in [-0.4, -0.2) is 16.9 Å². The van der Waals surface area contributed by atoms with Gasteiger partial charge in [-0.25, -0.2) is 0 Å². The Morgan fingerprint density at radius 1 is 1.00 bits per heavy atom. The van der Waals surface area contributed by atoms with Crippen molar-refractivity contribution >= 4 is 35.2 Å². The van der Waals surface area contributed by atoms with E-state index >= 15 is 0 Å². The van der Waals surface area contributed by atoms with E-state index in [1.807, 2.05) is 45.9 Å².